The molecule has 20 heavy (non-hydrogen) atoms. The van der Waals surface area contributed by atoms with Crippen LogP contribution in [0.25, 0.3) is 10.9 Å². The summed E-state index contributed by atoms with van der Waals surface area (Å²) in [6, 6.07) is 9.40. The fourth-order valence-corrected chi connectivity index (χ4v) is 2.54. The second-order valence-electron chi connectivity index (χ2n) is 4.87. The molecule has 3 aromatic rings. The first-order chi connectivity index (χ1) is 9.59. The number of ketones is 1. The number of benzene rings is 1. The molecule has 3 rings (SSSR count). The van der Waals surface area contributed by atoms with Gasteiger partial charge < -0.3 is 0 Å². The van der Waals surface area contributed by atoms with Crippen LogP contribution in [0, 0.1) is 13.8 Å². The normalized spacial score (nSPS) is 10.9. The van der Waals surface area contributed by atoms with Crippen molar-refractivity contribution in [2.45, 2.75) is 13.8 Å². The van der Waals surface area contributed by atoms with Crippen LogP contribution in [-0.4, -0.2) is 20.5 Å². The van der Waals surface area contributed by atoms with Crippen LogP contribution in [0.5, 0.6) is 0 Å². The number of carbonyl (C=O) groups is 1. The highest BCUT2D eigenvalue weighted by Gasteiger charge is 2.20. The number of carbonyl (C=O) groups excluding carboxylic acids is 1. The Balaban J connectivity index is 2.23. The van der Waals surface area contributed by atoms with Crippen LogP contribution < -0.4 is 0 Å². The summed E-state index contributed by atoms with van der Waals surface area (Å²) in [6.07, 6.45) is 1.73. The summed E-state index contributed by atoms with van der Waals surface area (Å²) < 4.78 is 1.74. The van der Waals surface area contributed by atoms with Gasteiger partial charge in [-0.25, -0.2) is 0 Å². The van der Waals surface area contributed by atoms with Crippen molar-refractivity contribution in [3.05, 3.63) is 59.0 Å². The van der Waals surface area contributed by atoms with E-state index < -0.39 is 0 Å². The molecule has 2 aromatic heterocycles. The average molecular weight is 265 g/mol. The van der Waals surface area contributed by atoms with E-state index in [0.29, 0.717) is 11.1 Å². The molecule has 0 atom stereocenters. The van der Waals surface area contributed by atoms with Crippen molar-refractivity contribution >= 4 is 16.7 Å². The van der Waals surface area contributed by atoms with Crippen LogP contribution in [0.2, 0.25) is 0 Å². The summed E-state index contributed by atoms with van der Waals surface area (Å²) in [5, 5.41) is 5.19. The largest absolute Gasteiger partial charge is 0.288 e. The fraction of sp³-hybridized carbons (Fsp3) is 0.188. The Morgan fingerprint density at radius 2 is 1.95 bits per heavy atom. The van der Waals surface area contributed by atoms with E-state index in [-0.39, 0.29) is 5.78 Å². The van der Waals surface area contributed by atoms with Gasteiger partial charge in [0.1, 0.15) is 0 Å². The zero-order chi connectivity index (χ0) is 14.3. The summed E-state index contributed by atoms with van der Waals surface area (Å²) >= 11 is 0. The second kappa shape index (κ2) is 4.56. The second-order valence-corrected chi connectivity index (χ2v) is 4.87. The number of nitrogens with zero attached hydrogens (tertiary/aromatic N) is 3. The maximum atomic E-state index is 12.8. The van der Waals surface area contributed by atoms with Crippen molar-refractivity contribution in [3.63, 3.8) is 0 Å². The van der Waals surface area contributed by atoms with Crippen molar-refractivity contribution < 1.29 is 4.79 Å². The van der Waals surface area contributed by atoms with Crippen molar-refractivity contribution in [1.82, 2.24) is 14.8 Å². The van der Waals surface area contributed by atoms with E-state index in [2.05, 4.69) is 10.1 Å². The lowest BCUT2D eigenvalue weighted by atomic mass is 9.98. The zero-order valence-electron chi connectivity index (χ0n) is 11.7. The molecule has 0 saturated heterocycles. The van der Waals surface area contributed by atoms with Gasteiger partial charge in [-0.1, -0.05) is 18.2 Å². The maximum absolute atomic E-state index is 12.8. The number of pyridine rings is 1. The monoisotopic (exact) mass is 265 g/mol. The molecule has 1 aromatic carbocycles. The highest BCUT2D eigenvalue weighted by atomic mass is 16.1. The third-order valence-electron chi connectivity index (χ3n) is 3.63. The van der Waals surface area contributed by atoms with Gasteiger partial charge in [-0.05, 0) is 26.0 Å². The van der Waals surface area contributed by atoms with Crippen molar-refractivity contribution in [3.8, 4) is 0 Å². The summed E-state index contributed by atoms with van der Waals surface area (Å²) in [4.78, 5) is 17.1. The van der Waals surface area contributed by atoms with Crippen LogP contribution in [0.1, 0.15) is 27.3 Å². The van der Waals surface area contributed by atoms with Crippen LogP contribution in [0.15, 0.2) is 36.5 Å². The van der Waals surface area contributed by atoms with E-state index in [4.69, 9.17) is 0 Å². The van der Waals surface area contributed by atoms with Gasteiger partial charge in [0.15, 0.2) is 5.78 Å². The Morgan fingerprint density at radius 3 is 2.65 bits per heavy atom. The Hall–Kier alpha value is -2.49. The molecule has 0 aliphatic carbocycles. The number of rotatable bonds is 2. The lowest BCUT2D eigenvalue weighted by Gasteiger charge is -2.05. The number of aromatic nitrogens is 3. The molecule has 4 heteroatoms. The molecule has 2 heterocycles. The number of hydrogen-bond acceptors (Lipinski definition) is 3. The molecule has 100 valence electrons. The highest BCUT2D eigenvalue weighted by Crippen LogP contribution is 2.22. The van der Waals surface area contributed by atoms with E-state index in [0.717, 1.165) is 22.3 Å². The highest BCUT2D eigenvalue weighted by molar-refractivity contribution is 6.16. The van der Waals surface area contributed by atoms with Gasteiger partial charge in [-0.2, -0.15) is 5.10 Å². The standard InChI is InChI=1S/C16H15N3O/c1-10-15(11(2)19(3)18-10)16(20)13-6-4-8-14-12(13)7-5-9-17-14/h4-9H,1-3H3. The van der Waals surface area contributed by atoms with Gasteiger partial charge in [-0.15, -0.1) is 0 Å². The molecule has 4 nitrogen and oxygen atoms in total. The number of hydrogen-bond donors (Lipinski definition) is 0. The Labute approximate surface area is 117 Å². The fourth-order valence-electron chi connectivity index (χ4n) is 2.54. The first-order valence-electron chi connectivity index (χ1n) is 6.48. The molecule has 0 radical (unpaired) electrons. The van der Waals surface area contributed by atoms with E-state index >= 15 is 0 Å². The van der Waals surface area contributed by atoms with Crippen LogP contribution >= 0.6 is 0 Å². The van der Waals surface area contributed by atoms with Gasteiger partial charge >= 0.3 is 0 Å². The molecule has 0 unspecified atom stereocenters. The molecule has 0 saturated carbocycles. The molecule has 0 spiro atoms. The lowest BCUT2D eigenvalue weighted by Crippen LogP contribution is -2.05. The van der Waals surface area contributed by atoms with Crippen LogP contribution in [0.4, 0.5) is 0 Å². The van der Waals surface area contributed by atoms with Gasteiger partial charge in [0.25, 0.3) is 0 Å². The summed E-state index contributed by atoms with van der Waals surface area (Å²) in [7, 11) is 1.85. The molecular formula is C16H15N3O. The predicted molar refractivity (Wildman–Crippen MR) is 77.9 cm³/mol. The lowest BCUT2D eigenvalue weighted by molar-refractivity contribution is 0.103. The first kappa shape index (κ1) is 12.5. The zero-order valence-corrected chi connectivity index (χ0v) is 11.7. The van der Waals surface area contributed by atoms with E-state index in [1.165, 1.54) is 0 Å². The van der Waals surface area contributed by atoms with Gasteiger partial charge in [0.05, 0.1) is 16.8 Å². The first-order valence-corrected chi connectivity index (χ1v) is 6.48. The third kappa shape index (κ3) is 1.81. The molecule has 0 bridgehead atoms. The van der Waals surface area contributed by atoms with Crippen molar-refractivity contribution in [2.24, 2.45) is 7.05 Å². The maximum Gasteiger partial charge on any atom is 0.197 e. The molecule has 0 aliphatic rings. The van der Waals surface area contributed by atoms with Crippen molar-refractivity contribution in [1.29, 1.82) is 0 Å². The summed E-state index contributed by atoms with van der Waals surface area (Å²) in [6.45, 7) is 3.78. The smallest absolute Gasteiger partial charge is 0.197 e. The van der Waals surface area contributed by atoms with E-state index in [9.17, 15) is 4.79 Å². The minimum Gasteiger partial charge on any atom is -0.288 e. The van der Waals surface area contributed by atoms with E-state index in [1.54, 1.807) is 10.9 Å². The Kier molecular flexibility index (Phi) is 2.86. The number of fused-ring (bicyclic) bond motifs is 1. The minimum absolute atomic E-state index is 0.00620. The molecule has 0 amide bonds. The number of aryl methyl sites for hydroxylation is 2. The summed E-state index contributed by atoms with van der Waals surface area (Å²) in [5.41, 5.74) is 3.83. The minimum atomic E-state index is 0.00620. The topological polar surface area (TPSA) is 47.8 Å². The molecule has 0 fully saturated rings. The molecule has 0 N–H and O–H groups in total. The van der Waals surface area contributed by atoms with Gasteiger partial charge in [0, 0.05) is 29.9 Å². The Bertz CT molecular complexity index is 812. The Morgan fingerprint density at radius 1 is 1.15 bits per heavy atom. The quantitative estimate of drug-likeness (QED) is 0.669. The third-order valence-corrected chi connectivity index (χ3v) is 3.63. The van der Waals surface area contributed by atoms with Crippen molar-refractivity contribution in [2.75, 3.05) is 0 Å². The van der Waals surface area contributed by atoms with Gasteiger partial charge in [0.2, 0.25) is 0 Å². The SMILES string of the molecule is Cc1nn(C)c(C)c1C(=O)c1cccc2ncccc12. The van der Waals surface area contributed by atoms with Crippen LogP contribution in [0.3, 0.4) is 0 Å². The summed E-state index contributed by atoms with van der Waals surface area (Å²) in [5.74, 6) is 0.00620. The van der Waals surface area contributed by atoms with E-state index in [1.807, 2.05) is 51.2 Å². The molecule has 0 aliphatic heterocycles. The van der Waals surface area contributed by atoms with Crippen LogP contribution in [-0.2, 0) is 7.05 Å². The average Bonchev–Trinajstić information content (AvgIpc) is 2.71. The molecular weight excluding hydrogens is 250 g/mol. The van der Waals surface area contributed by atoms with Gasteiger partial charge in [-0.3, -0.25) is 14.5 Å². The predicted octanol–water partition coefficient (Wildman–Crippen LogP) is 2.82.